The summed E-state index contributed by atoms with van der Waals surface area (Å²) in [6.45, 7) is 3.78. The molecule has 1 aliphatic carbocycles. The van der Waals surface area contributed by atoms with E-state index < -0.39 is 5.97 Å². The summed E-state index contributed by atoms with van der Waals surface area (Å²) in [6.07, 6.45) is 4.04. The average molecular weight is 256 g/mol. The fraction of sp³-hybridized carbons (Fsp3) is 0.846. The number of hydrogen-bond donors (Lipinski definition) is 3. The van der Waals surface area contributed by atoms with Gasteiger partial charge in [-0.3, -0.25) is 9.59 Å². The van der Waals surface area contributed by atoms with Gasteiger partial charge in [0.2, 0.25) is 5.91 Å². The molecule has 5 nitrogen and oxygen atoms in total. The maximum atomic E-state index is 11.7. The van der Waals surface area contributed by atoms with E-state index in [2.05, 4.69) is 5.32 Å². The number of carboxylic acid groups (broad SMARTS) is 1. The average Bonchev–Trinajstić information content (AvgIpc) is 2.26. The molecular weight excluding hydrogens is 232 g/mol. The molecule has 18 heavy (non-hydrogen) atoms. The number of carboxylic acids is 1. The summed E-state index contributed by atoms with van der Waals surface area (Å²) in [4.78, 5) is 22.6. The van der Waals surface area contributed by atoms with Crippen molar-refractivity contribution >= 4 is 11.9 Å². The summed E-state index contributed by atoms with van der Waals surface area (Å²) in [5.41, 5.74) is 5.48. The van der Waals surface area contributed by atoms with Crippen molar-refractivity contribution in [2.24, 2.45) is 11.7 Å². The van der Waals surface area contributed by atoms with Crippen LogP contribution < -0.4 is 11.1 Å². The lowest BCUT2D eigenvalue weighted by molar-refractivity contribution is -0.143. The van der Waals surface area contributed by atoms with Crippen LogP contribution in [0.3, 0.4) is 0 Å². The number of hydrogen-bond acceptors (Lipinski definition) is 3. The Labute approximate surface area is 108 Å². The molecule has 1 rings (SSSR count). The van der Waals surface area contributed by atoms with E-state index in [0.717, 1.165) is 19.3 Å². The monoisotopic (exact) mass is 256 g/mol. The molecule has 1 aliphatic rings. The Bertz CT molecular complexity index is 310. The summed E-state index contributed by atoms with van der Waals surface area (Å²) in [5, 5.41) is 11.9. The normalized spacial score (nSPS) is 24.6. The van der Waals surface area contributed by atoms with Gasteiger partial charge in [0, 0.05) is 18.0 Å². The molecule has 0 bridgehead atoms. The van der Waals surface area contributed by atoms with E-state index in [0.29, 0.717) is 19.3 Å². The van der Waals surface area contributed by atoms with Crippen molar-refractivity contribution in [1.82, 2.24) is 5.32 Å². The Morgan fingerprint density at radius 1 is 1.39 bits per heavy atom. The maximum absolute atomic E-state index is 11.7. The molecule has 4 N–H and O–H groups in total. The Morgan fingerprint density at radius 3 is 2.61 bits per heavy atom. The first-order valence-electron chi connectivity index (χ1n) is 6.59. The van der Waals surface area contributed by atoms with Crippen LogP contribution in [0.2, 0.25) is 0 Å². The zero-order valence-corrected chi connectivity index (χ0v) is 11.2. The lowest BCUT2D eigenvalue weighted by Gasteiger charge is -2.27. The van der Waals surface area contributed by atoms with E-state index in [1.807, 2.05) is 13.8 Å². The number of aliphatic carboxylic acids is 1. The highest BCUT2D eigenvalue weighted by Gasteiger charge is 2.27. The second-order valence-corrected chi connectivity index (χ2v) is 5.95. The Hall–Kier alpha value is -1.10. The fourth-order valence-electron chi connectivity index (χ4n) is 2.28. The van der Waals surface area contributed by atoms with Gasteiger partial charge in [0.25, 0.3) is 0 Å². The van der Waals surface area contributed by atoms with Gasteiger partial charge in [-0.15, -0.1) is 0 Å². The van der Waals surface area contributed by atoms with Gasteiger partial charge < -0.3 is 16.2 Å². The van der Waals surface area contributed by atoms with E-state index >= 15 is 0 Å². The smallest absolute Gasteiger partial charge is 0.306 e. The summed E-state index contributed by atoms with van der Waals surface area (Å²) < 4.78 is 0. The van der Waals surface area contributed by atoms with Gasteiger partial charge in [0.1, 0.15) is 0 Å². The van der Waals surface area contributed by atoms with E-state index in [1.165, 1.54) is 0 Å². The molecule has 0 heterocycles. The van der Waals surface area contributed by atoms with Crippen molar-refractivity contribution in [1.29, 1.82) is 0 Å². The van der Waals surface area contributed by atoms with Crippen LogP contribution in [-0.2, 0) is 9.59 Å². The number of nitrogens with one attached hydrogen (secondary N) is 1. The SMILES string of the molecule is CC(C)(N)CCC(=O)NC1CCCC(C(=O)O)C1. The maximum Gasteiger partial charge on any atom is 0.306 e. The minimum absolute atomic E-state index is 0.00763. The molecule has 0 spiro atoms. The van der Waals surface area contributed by atoms with E-state index in [4.69, 9.17) is 10.8 Å². The lowest BCUT2D eigenvalue weighted by atomic mass is 9.85. The Kier molecular flexibility index (Phi) is 5.14. The molecule has 1 fully saturated rings. The van der Waals surface area contributed by atoms with Gasteiger partial charge in [0.15, 0.2) is 0 Å². The predicted octanol–water partition coefficient (Wildman–Crippen LogP) is 1.26. The molecule has 2 unspecified atom stereocenters. The molecule has 1 amide bonds. The zero-order chi connectivity index (χ0) is 13.8. The number of nitrogens with two attached hydrogens (primary N) is 1. The highest BCUT2D eigenvalue weighted by molar-refractivity contribution is 5.76. The van der Waals surface area contributed by atoms with Crippen LogP contribution >= 0.6 is 0 Å². The molecule has 0 aromatic heterocycles. The van der Waals surface area contributed by atoms with Crippen LogP contribution in [0.25, 0.3) is 0 Å². The van der Waals surface area contributed by atoms with Crippen molar-refractivity contribution in [2.45, 2.75) is 64.0 Å². The highest BCUT2D eigenvalue weighted by Crippen LogP contribution is 2.24. The van der Waals surface area contributed by atoms with E-state index in [9.17, 15) is 9.59 Å². The summed E-state index contributed by atoms with van der Waals surface area (Å²) in [6, 6.07) is 0.00763. The molecule has 2 atom stereocenters. The second kappa shape index (κ2) is 6.18. The third-order valence-corrected chi connectivity index (χ3v) is 3.38. The van der Waals surface area contributed by atoms with Gasteiger partial charge in [-0.1, -0.05) is 6.42 Å². The molecule has 0 saturated heterocycles. The molecule has 104 valence electrons. The third kappa shape index (κ3) is 5.49. The van der Waals surface area contributed by atoms with Crippen LogP contribution in [0.4, 0.5) is 0 Å². The van der Waals surface area contributed by atoms with Gasteiger partial charge in [-0.05, 0) is 39.5 Å². The first-order valence-corrected chi connectivity index (χ1v) is 6.59. The van der Waals surface area contributed by atoms with Gasteiger partial charge >= 0.3 is 5.97 Å². The first-order chi connectivity index (χ1) is 8.28. The third-order valence-electron chi connectivity index (χ3n) is 3.38. The standard InChI is InChI=1S/C13H24N2O3/c1-13(2,14)7-6-11(16)15-10-5-3-4-9(8-10)12(17)18/h9-10H,3-8,14H2,1-2H3,(H,15,16)(H,17,18). The minimum atomic E-state index is -0.753. The molecule has 0 aromatic carbocycles. The molecule has 0 aromatic rings. The van der Waals surface area contributed by atoms with Crippen LogP contribution in [0.5, 0.6) is 0 Å². The number of rotatable bonds is 5. The van der Waals surface area contributed by atoms with Crippen molar-refractivity contribution < 1.29 is 14.7 Å². The van der Waals surface area contributed by atoms with Gasteiger partial charge in [-0.25, -0.2) is 0 Å². The molecule has 0 radical (unpaired) electrons. The number of carbonyl (C=O) groups is 2. The number of amides is 1. The molecule has 0 aliphatic heterocycles. The van der Waals surface area contributed by atoms with Crippen molar-refractivity contribution in [3.05, 3.63) is 0 Å². The van der Waals surface area contributed by atoms with Crippen LogP contribution in [0.15, 0.2) is 0 Å². The van der Waals surface area contributed by atoms with Crippen molar-refractivity contribution in [3.8, 4) is 0 Å². The van der Waals surface area contributed by atoms with Crippen molar-refractivity contribution in [2.75, 3.05) is 0 Å². The van der Waals surface area contributed by atoms with Gasteiger partial charge in [0.05, 0.1) is 5.92 Å². The Balaban J connectivity index is 2.33. The summed E-state index contributed by atoms with van der Waals surface area (Å²) in [5.74, 6) is -1.09. The quantitative estimate of drug-likeness (QED) is 0.690. The summed E-state index contributed by atoms with van der Waals surface area (Å²) in [7, 11) is 0. The first kappa shape index (κ1) is 15.0. The highest BCUT2D eigenvalue weighted by atomic mass is 16.4. The lowest BCUT2D eigenvalue weighted by Crippen LogP contribution is -2.41. The molecule has 5 heteroatoms. The van der Waals surface area contributed by atoms with Gasteiger partial charge in [-0.2, -0.15) is 0 Å². The minimum Gasteiger partial charge on any atom is -0.481 e. The van der Waals surface area contributed by atoms with Crippen LogP contribution in [-0.4, -0.2) is 28.6 Å². The zero-order valence-electron chi connectivity index (χ0n) is 11.2. The molecule has 1 saturated carbocycles. The predicted molar refractivity (Wildman–Crippen MR) is 69.0 cm³/mol. The summed E-state index contributed by atoms with van der Waals surface area (Å²) >= 11 is 0. The fourth-order valence-corrected chi connectivity index (χ4v) is 2.28. The van der Waals surface area contributed by atoms with Crippen LogP contribution in [0, 0.1) is 5.92 Å². The Morgan fingerprint density at radius 2 is 2.06 bits per heavy atom. The van der Waals surface area contributed by atoms with Crippen molar-refractivity contribution in [3.63, 3.8) is 0 Å². The number of carbonyl (C=O) groups excluding carboxylic acids is 1. The van der Waals surface area contributed by atoms with Crippen LogP contribution in [0.1, 0.15) is 52.4 Å². The largest absolute Gasteiger partial charge is 0.481 e. The van der Waals surface area contributed by atoms with E-state index in [1.54, 1.807) is 0 Å². The van der Waals surface area contributed by atoms with E-state index in [-0.39, 0.29) is 23.4 Å². The second-order valence-electron chi connectivity index (χ2n) is 5.95. The topological polar surface area (TPSA) is 92.4 Å². The molecular formula is C13H24N2O3.